The van der Waals surface area contributed by atoms with Crippen LogP contribution in [0, 0.1) is 0 Å². The summed E-state index contributed by atoms with van der Waals surface area (Å²) in [5.74, 6) is 0.734. The first-order valence-corrected chi connectivity index (χ1v) is 9.62. The van der Waals surface area contributed by atoms with Gasteiger partial charge in [0.2, 0.25) is 12.7 Å². The van der Waals surface area contributed by atoms with E-state index in [9.17, 15) is 18.0 Å². The van der Waals surface area contributed by atoms with Crippen LogP contribution in [0.4, 0.5) is 10.5 Å². The molecule has 1 saturated heterocycles. The maximum absolute atomic E-state index is 12.2. The zero-order valence-electron chi connectivity index (χ0n) is 13.6. The Morgan fingerprint density at radius 1 is 1.24 bits per heavy atom. The number of anilines is 1. The van der Waals surface area contributed by atoms with E-state index in [1.165, 1.54) is 6.92 Å². The van der Waals surface area contributed by atoms with Gasteiger partial charge >= 0.3 is 6.03 Å². The van der Waals surface area contributed by atoms with Gasteiger partial charge < -0.3 is 25.4 Å². The molecule has 0 spiro atoms. The molecule has 0 radical (unpaired) electrons. The van der Waals surface area contributed by atoms with Crippen molar-refractivity contribution in [3.8, 4) is 11.5 Å². The van der Waals surface area contributed by atoms with Crippen LogP contribution in [-0.2, 0) is 14.6 Å². The van der Waals surface area contributed by atoms with Crippen molar-refractivity contribution in [2.45, 2.75) is 25.4 Å². The molecule has 25 heavy (non-hydrogen) atoms. The molecule has 0 bridgehead atoms. The smallest absolute Gasteiger partial charge is 0.315 e. The highest BCUT2D eigenvalue weighted by atomic mass is 32.2. The van der Waals surface area contributed by atoms with Crippen LogP contribution in [0.15, 0.2) is 18.2 Å². The van der Waals surface area contributed by atoms with E-state index in [0.717, 1.165) is 0 Å². The third-order valence-electron chi connectivity index (χ3n) is 3.95. The van der Waals surface area contributed by atoms with Crippen molar-refractivity contribution in [3.63, 3.8) is 0 Å². The van der Waals surface area contributed by atoms with E-state index in [-0.39, 0.29) is 18.3 Å². The molecular formula is C15H19N3O6S. The Balaban J connectivity index is 1.49. The number of carbonyl (C=O) groups excluding carboxylic acids is 2. The lowest BCUT2D eigenvalue weighted by atomic mass is 10.2. The quantitative estimate of drug-likeness (QED) is 0.698. The summed E-state index contributed by atoms with van der Waals surface area (Å²) in [4.78, 5) is 24.1. The number of urea groups is 1. The Hall–Kier alpha value is -2.49. The van der Waals surface area contributed by atoms with E-state index >= 15 is 0 Å². The second kappa shape index (κ2) is 6.79. The molecule has 136 valence electrons. The van der Waals surface area contributed by atoms with Gasteiger partial charge in [-0.05, 0) is 25.5 Å². The van der Waals surface area contributed by atoms with Crippen molar-refractivity contribution in [1.29, 1.82) is 0 Å². The molecule has 1 unspecified atom stereocenters. The molecule has 0 aromatic heterocycles. The summed E-state index contributed by atoms with van der Waals surface area (Å²) in [7, 11) is -3.08. The average Bonchev–Trinajstić information content (AvgIpc) is 3.12. The molecule has 1 aromatic carbocycles. The summed E-state index contributed by atoms with van der Waals surface area (Å²) in [6.45, 7) is 1.68. The zero-order chi connectivity index (χ0) is 18.0. The number of hydrogen-bond donors (Lipinski definition) is 3. The molecule has 2 atom stereocenters. The summed E-state index contributed by atoms with van der Waals surface area (Å²) >= 11 is 0. The molecule has 3 amide bonds. The molecule has 3 rings (SSSR count). The summed E-state index contributed by atoms with van der Waals surface area (Å²) in [6, 6.07) is 3.19. The Morgan fingerprint density at radius 2 is 2.00 bits per heavy atom. The Labute approximate surface area is 145 Å². The molecule has 10 heteroatoms. The van der Waals surface area contributed by atoms with Crippen LogP contribution in [0.3, 0.4) is 0 Å². The van der Waals surface area contributed by atoms with Crippen LogP contribution in [0.2, 0.25) is 0 Å². The number of carbonyl (C=O) groups is 2. The van der Waals surface area contributed by atoms with E-state index < -0.39 is 33.9 Å². The highest BCUT2D eigenvalue weighted by molar-refractivity contribution is 7.91. The maximum atomic E-state index is 12.2. The number of sulfone groups is 1. The van der Waals surface area contributed by atoms with Gasteiger partial charge in [-0.1, -0.05) is 0 Å². The molecule has 9 nitrogen and oxygen atoms in total. The van der Waals surface area contributed by atoms with E-state index in [0.29, 0.717) is 23.6 Å². The van der Waals surface area contributed by atoms with Gasteiger partial charge in [0.25, 0.3) is 0 Å². The summed E-state index contributed by atoms with van der Waals surface area (Å²) < 4.78 is 33.2. The molecule has 2 aliphatic rings. The lowest BCUT2D eigenvalue weighted by molar-refractivity contribution is -0.117. The predicted octanol–water partition coefficient (Wildman–Crippen LogP) is 0.229. The SMILES string of the molecule is C[C@@H](NC(=O)NC1CCS(=O)(=O)C1)C(=O)Nc1ccc2c(c1)OCO2. The van der Waals surface area contributed by atoms with Gasteiger partial charge in [0.15, 0.2) is 21.3 Å². The first kappa shape index (κ1) is 17.3. The van der Waals surface area contributed by atoms with Crippen LogP contribution in [0.5, 0.6) is 11.5 Å². The van der Waals surface area contributed by atoms with Crippen molar-refractivity contribution in [2.75, 3.05) is 23.6 Å². The number of nitrogens with one attached hydrogen (secondary N) is 3. The van der Waals surface area contributed by atoms with Crippen molar-refractivity contribution in [1.82, 2.24) is 10.6 Å². The lowest BCUT2D eigenvalue weighted by Crippen LogP contribution is -2.49. The maximum Gasteiger partial charge on any atom is 0.315 e. The van der Waals surface area contributed by atoms with Crippen molar-refractivity contribution >= 4 is 27.5 Å². The average molecular weight is 369 g/mol. The molecule has 2 heterocycles. The Morgan fingerprint density at radius 3 is 2.72 bits per heavy atom. The van der Waals surface area contributed by atoms with Gasteiger partial charge in [-0.15, -0.1) is 0 Å². The number of benzene rings is 1. The minimum absolute atomic E-state index is 0.0676. The van der Waals surface area contributed by atoms with Crippen LogP contribution in [-0.4, -0.2) is 50.7 Å². The summed E-state index contributed by atoms with van der Waals surface area (Å²) in [5, 5.41) is 7.74. The fraction of sp³-hybridized carbons (Fsp3) is 0.467. The molecule has 2 aliphatic heterocycles. The number of hydrogen-bond acceptors (Lipinski definition) is 6. The van der Waals surface area contributed by atoms with Gasteiger partial charge in [0.05, 0.1) is 11.5 Å². The second-order valence-corrected chi connectivity index (χ2v) is 8.23. The normalized spacial score (nSPS) is 21.4. The standard InChI is InChI=1S/C15H19N3O6S/c1-9(16-15(20)18-11-4-5-25(21,22)7-11)14(19)17-10-2-3-12-13(6-10)24-8-23-12/h2-3,6,9,11H,4-5,7-8H2,1H3,(H,17,19)(H2,16,18,20)/t9-,11?/m1/s1. The van der Waals surface area contributed by atoms with Crippen molar-refractivity contribution in [2.24, 2.45) is 0 Å². The topological polar surface area (TPSA) is 123 Å². The van der Waals surface area contributed by atoms with E-state index in [2.05, 4.69) is 16.0 Å². The first-order valence-electron chi connectivity index (χ1n) is 7.80. The van der Waals surface area contributed by atoms with Gasteiger partial charge in [0, 0.05) is 17.8 Å². The van der Waals surface area contributed by atoms with Crippen molar-refractivity contribution in [3.05, 3.63) is 18.2 Å². The number of ether oxygens (including phenoxy) is 2. The fourth-order valence-electron chi connectivity index (χ4n) is 2.62. The van der Waals surface area contributed by atoms with Gasteiger partial charge in [0.1, 0.15) is 6.04 Å². The van der Waals surface area contributed by atoms with E-state index in [1.807, 2.05) is 0 Å². The fourth-order valence-corrected chi connectivity index (χ4v) is 4.30. The third kappa shape index (κ3) is 4.32. The zero-order valence-corrected chi connectivity index (χ0v) is 14.4. The molecule has 1 aromatic rings. The van der Waals surface area contributed by atoms with Crippen LogP contribution >= 0.6 is 0 Å². The third-order valence-corrected chi connectivity index (χ3v) is 5.72. The Kier molecular flexibility index (Phi) is 4.71. The van der Waals surface area contributed by atoms with E-state index in [4.69, 9.17) is 9.47 Å². The monoisotopic (exact) mass is 369 g/mol. The van der Waals surface area contributed by atoms with Gasteiger partial charge in [-0.3, -0.25) is 4.79 Å². The first-order chi connectivity index (χ1) is 11.8. The molecule has 0 aliphatic carbocycles. The summed E-state index contributed by atoms with van der Waals surface area (Å²) in [6.07, 6.45) is 0.382. The molecule has 1 fully saturated rings. The minimum atomic E-state index is -3.08. The van der Waals surface area contributed by atoms with Crippen LogP contribution < -0.4 is 25.4 Å². The van der Waals surface area contributed by atoms with Crippen LogP contribution in [0.1, 0.15) is 13.3 Å². The molecular weight excluding hydrogens is 350 g/mol. The lowest BCUT2D eigenvalue weighted by Gasteiger charge is -2.17. The second-order valence-electron chi connectivity index (χ2n) is 6.00. The van der Waals surface area contributed by atoms with Gasteiger partial charge in [-0.2, -0.15) is 0 Å². The van der Waals surface area contributed by atoms with Crippen molar-refractivity contribution < 1.29 is 27.5 Å². The largest absolute Gasteiger partial charge is 0.454 e. The number of fused-ring (bicyclic) bond motifs is 1. The van der Waals surface area contributed by atoms with Gasteiger partial charge in [-0.25, -0.2) is 13.2 Å². The highest BCUT2D eigenvalue weighted by Gasteiger charge is 2.29. The number of rotatable bonds is 4. The minimum Gasteiger partial charge on any atom is -0.454 e. The number of amides is 3. The highest BCUT2D eigenvalue weighted by Crippen LogP contribution is 2.34. The Bertz CT molecular complexity index is 794. The predicted molar refractivity (Wildman–Crippen MR) is 89.4 cm³/mol. The molecule has 3 N–H and O–H groups in total. The molecule has 0 saturated carbocycles. The summed E-state index contributed by atoms with van der Waals surface area (Å²) in [5.41, 5.74) is 0.519. The van der Waals surface area contributed by atoms with E-state index in [1.54, 1.807) is 18.2 Å². The van der Waals surface area contributed by atoms with Crippen LogP contribution in [0.25, 0.3) is 0 Å².